The van der Waals surface area contributed by atoms with Gasteiger partial charge < -0.3 is 0 Å². The maximum Gasteiger partial charge on any atom is 0.145 e. The molecule has 0 saturated carbocycles. The third-order valence-corrected chi connectivity index (χ3v) is 11.2. The van der Waals surface area contributed by atoms with E-state index in [9.17, 15) is 0 Å². The summed E-state index contributed by atoms with van der Waals surface area (Å²) in [5.74, 6) is 3.51. The molecule has 1 aromatic heterocycles. The summed E-state index contributed by atoms with van der Waals surface area (Å²) in [5.41, 5.74) is 8.10. The van der Waals surface area contributed by atoms with Crippen molar-refractivity contribution < 1.29 is 0 Å². The van der Waals surface area contributed by atoms with Gasteiger partial charge in [-0.05, 0) is 23.0 Å². The van der Waals surface area contributed by atoms with E-state index in [2.05, 4.69) is 69.9 Å². The first-order chi connectivity index (χ1) is 10.4. The molecular weight excluding hydrogens is 284 g/mol. The average molecular weight is 317 g/mol. The van der Waals surface area contributed by atoms with Crippen LogP contribution in [-0.2, 0) is 12.8 Å². The van der Waals surface area contributed by atoms with Crippen molar-refractivity contribution in [1.29, 1.82) is 0 Å². The highest BCUT2D eigenvalue weighted by Gasteiger charge is 2.41. The molecule has 0 bridgehead atoms. The maximum absolute atomic E-state index is 4.47. The average Bonchev–Trinajstić information content (AvgIpc) is 2.46. The monoisotopic (exact) mass is 316 g/mol. The van der Waals surface area contributed by atoms with Crippen molar-refractivity contribution in [2.45, 2.75) is 84.4 Å². The van der Waals surface area contributed by atoms with Crippen molar-refractivity contribution in [2.75, 3.05) is 0 Å². The second-order valence-corrected chi connectivity index (χ2v) is 12.6. The predicted molar refractivity (Wildman–Crippen MR) is 98.6 cm³/mol. The molecule has 0 aliphatic carbocycles. The molecular formula is C19H32N2Si. The molecule has 0 unspecified atom stereocenters. The minimum absolute atomic E-state index is 0.697. The van der Waals surface area contributed by atoms with E-state index in [-0.39, 0.29) is 0 Å². The van der Waals surface area contributed by atoms with Crippen molar-refractivity contribution in [1.82, 2.24) is 9.97 Å². The Kier molecular flexibility index (Phi) is 7.29. The molecule has 0 radical (unpaired) electrons. The molecule has 0 aromatic carbocycles. The zero-order valence-corrected chi connectivity index (χ0v) is 16.4. The van der Waals surface area contributed by atoms with Crippen LogP contribution in [-0.4, -0.2) is 18.0 Å². The summed E-state index contributed by atoms with van der Waals surface area (Å²) in [6.45, 7) is 16.3. The van der Waals surface area contributed by atoms with E-state index in [0.717, 1.165) is 30.7 Å². The Hall–Kier alpha value is -1.14. The fourth-order valence-electron chi connectivity index (χ4n) is 3.73. The molecule has 122 valence electrons. The fourth-order valence-corrected chi connectivity index (χ4v) is 9.03. The van der Waals surface area contributed by atoms with Crippen LogP contribution in [0.15, 0.2) is 12.4 Å². The smallest absolute Gasteiger partial charge is 0.145 e. The minimum Gasteiger partial charge on any atom is -0.258 e. The molecule has 2 nitrogen and oxygen atoms in total. The summed E-state index contributed by atoms with van der Waals surface area (Å²) in [5, 5.41) is 0. The van der Waals surface area contributed by atoms with Crippen LogP contribution in [0, 0.1) is 11.5 Å². The largest absolute Gasteiger partial charge is 0.258 e. The van der Waals surface area contributed by atoms with Gasteiger partial charge in [0.1, 0.15) is 8.07 Å². The van der Waals surface area contributed by atoms with Gasteiger partial charge in [-0.2, -0.15) is 0 Å². The van der Waals surface area contributed by atoms with Crippen LogP contribution >= 0.6 is 0 Å². The van der Waals surface area contributed by atoms with Crippen LogP contribution in [0.4, 0.5) is 0 Å². The number of hydrogen-bond acceptors (Lipinski definition) is 2. The maximum atomic E-state index is 4.47. The molecule has 1 heterocycles. The molecule has 1 rings (SSSR count). The van der Waals surface area contributed by atoms with E-state index in [0.29, 0.717) is 16.6 Å². The first-order valence-electron chi connectivity index (χ1n) is 8.64. The van der Waals surface area contributed by atoms with E-state index in [1.807, 2.05) is 0 Å². The zero-order chi connectivity index (χ0) is 16.8. The predicted octanol–water partition coefficient (Wildman–Crippen LogP) is 5.19. The van der Waals surface area contributed by atoms with Gasteiger partial charge >= 0.3 is 0 Å². The van der Waals surface area contributed by atoms with E-state index < -0.39 is 8.07 Å². The van der Waals surface area contributed by atoms with Gasteiger partial charge in [0.15, 0.2) is 0 Å². The molecule has 0 N–H and O–H groups in total. The number of hydrogen-bond donors (Lipinski definition) is 0. The third-order valence-electron chi connectivity index (χ3n) is 4.85. The molecule has 0 spiro atoms. The summed E-state index contributed by atoms with van der Waals surface area (Å²) in [4.78, 5) is 8.88. The Morgan fingerprint density at radius 3 is 1.86 bits per heavy atom. The Labute approximate surface area is 138 Å². The van der Waals surface area contributed by atoms with Gasteiger partial charge in [0, 0.05) is 25.2 Å². The second kappa shape index (κ2) is 8.48. The fraction of sp³-hybridized carbons (Fsp3) is 0.684. The summed E-state index contributed by atoms with van der Waals surface area (Å²) in [7, 11) is -1.58. The normalized spacial score (nSPS) is 11.9. The topological polar surface area (TPSA) is 25.8 Å². The van der Waals surface area contributed by atoms with Crippen molar-refractivity contribution in [3.8, 4) is 11.5 Å². The van der Waals surface area contributed by atoms with Gasteiger partial charge in [-0.15, -0.1) is 11.5 Å². The molecule has 0 fully saturated rings. The van der Waals surface area contributed by atoms with Gasteiger partial charge in [0.25, 0.3) is 0 Å². The molecule has 3 heteroatoms. The molecule has 0 atom stereocenters. The lowest BCUT2D eigenvalue weighted by Crippen LogP contribution is -2.43. The van der Waals surface area contributed by atoms with E-state index >= 15 is 0 Å². The molecule has 0 aliphatic heterocycles. The van der Waals surface area contributed by atoms with Gasteiger partial charge in [-0.3, -0.25) is 9.97 Å². The lowest BCUT2D eigenvalue weighted by Gasteiger charge is -2.38. The second-order valence-electron chi connectivity index (χ2n) is 7.00. The van der Waals surface area contributed by atoms with Crippen LogP contribution < -0.4 is 0 Å². The quantitative estimate of drug-likeness (QED) is 0.533. The highest BCUT2D eigenvalue weighted by atomic mass is 28.3. The number of nitrogens with zero attached hydrogens (tertiary/aromatic N) is 2. The third kappa shape index (κ3) is 4.20. The van der Waals surface area contributed by atoms with Crippen LogP contribution in [0.2, 0.25) is 16.6 Å². The van der Waals surface area contributed by atoms with Gasteiger partial charge in [-0.25, -0.2) is 0 Å². The molecule has 1 aromatic rings. The number of rotatable bonds is 6. The van der Waals surface area contributed by atoms with Crippen molar-refractivity contribution in [3.63, 3.8) is 0 Å². The molecule has 0 amide bonds. The van der Waals surface area contributed by atoms with E-state index in [1.54, 1.807) is 12.4 Å². The zero-order valence-electron chi connectivity index (χ0n) is 15.4. The van der Waals surface area contributed by atoms with Crippen molar-refractivity contribution >= 4 is 8.07 Å². The van der Waals surface area contributed by atoms with Crippen LogP contribution in [0.5, 0.6) is 0 Å². The van der Waals surface area contributed by atoms with Crippen LogP contribution in [0.1, 0.15) is 66.3 Å². The Balaban J connectivity index is 2.87. The lowest BCUT2D eigenvalue weighted by molar-refractivity contribution is 0.837. The molecule has 0 aliphatic rings. The van der Waals surface area contributed by atoms with Crippen LogP contribution in [0.25, 0.3) is 0 Å². The van der Waals surface area contributed by atoms with Gasteiger partial charge in [0.2, 0.25) is 0 Å². The summed E-state index contributed by atoms with van der Waals surface area (Å²) in [6.07, 6.45) is 6.33. The summed E-state index contributed by atoms with van der Waals surface area (Å²) < 4.78 is 0. The SMILES string of the molecule is CCc1nccnc1CCC#C[Si](C(C)C)(C(C)C)C(C)C. The number of aromatic nitrogens is 2. The minimum atomic E-state index is -1.58. The Morgan fingerprint density at radius 2 is 1.41 bits per heavy atom. The lowest BCUT2D eigenvalue weighted by atomic mass is 10.1. The van der Waals surface area contributed by atoms with Crippen LogP contribution in [0.3, 0.4) is 0 Å². The van der Waals surface area contributed by atoms with Gasteiger partial charge in [-0.1, -0.05) is 48.5 Å². The van der Waals surface area contributed by atoms with Gasteiger partial charge in [0.05, 0.1) is 11.4 Å². The standard InChI is InChI=1S/C19H32N2Si/c1-8-18-19(21-13-12-20-18)11-9-10-14-22(15(2)3,16(4)5)17(6)7/h12-13,15-17H,8-9,11H2,1-7H3. The summed E-state index contributed by atoms with van der Waals surface area (Å²) >= 11 is 0. The van der Waals surface area contributed by atoms with E-state index in [4.69, 9.17) is 0 Å². The summed E-state index contributed by atoms with van der Waals surface area (Å²) in [6, 6.07) is 0. The van der Waals surface area contributed by atoms with E-state index in [1.165, 1.54) is 0 Å². The molecule has 22 heavy (non-hydrogen) atoms. The highest BCUT2D eigenvalue weighted by molar-refractivity contribution is 6.90. The Morgan fingerprint density at radius 1 is 0.909 bits per heavy atom. The van der Waals surface area contributed by atoms with Crippen molar-refractivity contribution in [3.05, 3.63) is 23.8 Å². The first-order valence-corrected chi connectivity index (χ1v) is 10.9. The molecule has 0 saturated heterocycles. The first kappa shape index (κ1) is 18.9. The highest BCUT2D eigenvalue weighted by Crippen LogP contribution is 2.40. The van der Waals surface area contributed by atoms with Crippen molar-refractivity contribution in [2.24, 2.45) is 0 Å². The Bertz CT molecular complexity index is 502. The number of aryl methyl sites for hydroxylation is 2.